The minimum atomic E-state index is -0.494. The summed E-state index contributed by atoms with van der Waals surface area (Å²) >= 11 is 0. The van der Waals surface area contributed by atoms with Crippen LogP contribution in [-0.4, -0.2) is 60.3 Å². The molecule has 0 saturated carbocycles. The zero-order valence-corrected chi connectivity index (χ0v) is 18.2. The number of rotatable bonds is 8. The van der Waals surface area contributed by atoms with Crippen LogP contribution in [0.2, 0.25) is 0 Å². The molecule has 4 rings (SSSR count). The molecule has 3 aromatic carbocycles. The van der Waals surface area contributed by atoms with Crippen LogP contribution in [-0.2, 0) is 0 Å². The Balaban J connectivity index is 1.32. The van der Waals surface area contributed by atoms with Crippen LogP contribution in [0.1, 0.15) is 22.7 Å². The van der Waals surface area contributed by atoms with E-state index in [4.69, 9.17) is 4.74 Å². The highest BCUT2D eigenvalue weighted by Crippen LogP contribution is 2.29. The van der Waals surface area contributed by atoms with Gasteiger partial charge >= 0.3 is 0 Å². The maximum Gasteiger partial charge on any atom is 0.119 e. The number of aliphatic hydroxyl groups is 1. The molecule has 0 amide bonds. The summed E-state index contributed by atoms with van der Waals surface area (Å²) in [6, 6.07) is 29.7. The number of β-amino-alcohol motifs (C(OH)–C–C–N with tert-alkyl or cyclic N) is 1. The maximum absolute atomic E-state index is 10.5. The fourth-order valence-electron chi connectivity index (χ4n) is 4.34. The Morgan fingerprint density at radius 3 is 2.00 bits per heavy atom. The van der Waals surface area contributed by atoms with E-state index in [0.29, 0.717) is 13.2 Å². The van der Waals surface area contributed by atoms with E-state index < -0.39 is 6.10 Å². The summed E-state index contributed by atoms with van der Waals surface area (Å²) in [6.07, 6.45) is -0.494. The highest BCUT2D eigenvalue weighted by atomic mass is 16.5. The van der Waals surface area contributed by atoms with Crippen LogP contribution in [0.25, 0.3) is 0 Å². The zero-order valence-electron chi connectivity index (χ0n) is 18.2. The van der Waals surface area contributed by atoms with Crippen LogP contribution in [0, 0.1) is 6.92 Å². The second kappa shape index (κ2) is 10.6. The number of benzene rings is 3. The number of ether oxygens (including phenoxy) is 1. The summed E-state index contributed by atoms with van der Waals surface area (Å²) in [5, 5.41) is 10.5. The molecule has 3 aromatic rings. The molecular formula is C27H32N2O2. The first-order valence-corrected chi connectivity index (χ1v) is 11.1. The van der Waals surface area contributed by atoms with Crippen molar-refractivity contribution in [2.45, 2.75) is 19.1 Å². The van der Waals surface area contributed by atoms with Crippen molar-refractivity contribution in [1.82, 2.24) is 9.80 Å². The second-order valence-electron chi connectivity index (χ2n) is 8.34. The highest BCUT2D eigenvalue weighted by molar-refractivity contribution is 5.32. The number of piperazine rings is 1. The first kappa shape index (κ1) is 21.6. The Morgan fingerprint density at radius 2 is 1.42 bits per heavy atom. The first-order chi connectivity index (χ1) is 15.2. The molecule has 1 heterocycles. The van der Waals surface area contributed by atoms with Crippen molar-refractivity contribution in [3.63, 3.8) is 0 Å². The van der Waals surface area contributed by atoms with Gasteiger partial charge in [-0.05, 0) is 35.7 Å². The third-order valence-corrected chi connectivity index (χ3v) is 5.90. The summed E-state index contributed by atoms with van der Waals surface area (Å²) < 4.78 is 5.78. The van der Waals surface area contributed by atoms with Crippen molar-refractivity contribution in [2.24, 2.45) is 0 Å². The lowest BCUT2D eigenvalue weighted by Crippen LogP contribution is -2.50. The van der Waals surface area contributed by atoms with Gasteiger partial charge in [-0.15, -0.1) is 0 Å². The Kier molecular flexibility index (Phi) is 7.36. The predicted octanol–water partition coefficient (Wildman–Crippen LogP) is 4.14. The number of aryl methyl sites for hydroxylation is 1. The standard InChI is InChI=1S/C27H32N2O2/c1-22-9-8-14-26(19-22)31-21-25(30)20-28-15-17-29(18-16-28)27(23-10-4-2-5-11-23)24-12-6-3-7-13-24/h2-14,19,25,27,30H,15-18,20-21H2,1H3/t25-/m1/s1. The predicted molar refractivity (Wildman–Crippen MR) is 125 cm³/mol. The Morgan fingerprint density at radius 1 is 0.806 bits per heavy atom. The van der Waals surface area contributed by atoms with Crippen LogP contribution in [0.5, 0.6) is 5.75 Å². The molecule has 31 heavy (non-hydrogen) atoms. The van der Waals surface area contributed by atoms with E-state index >= 15 is 0 Å². The van der Waals surface area contributed by atoms with E-state index in [2.05, 4.69) is 70.5 Å². The minimum Gasteiger partial charge on any atom is -0.491 e. The van der Waals surface area contributed by atoms with Gasteiger partial charge in [0.05, 0.1) is 6.04 Å². The average molecular weight is 417 g/mol. The monoisotopic (exact) mass is 416 g/mol. The van der Waals surface area contributed by atoms with Gasteiger partial charge in [-0.1, -0.05) is 72.8 Å². The summed E-state index contributed by atoms with van der Waals surface area (Å²) in [4.78, 5) is 4.89. The number of hydrogen-bond acceptors (Lipinski definition) is 4. The van der Waals surface area contributed by atoms with E-state index in [9.17, 15) is 5.11 Å². The van der Waals surface area contributed by atoms with Gasteiger partial charge in [-0.3, -0.25) is 9.80 Å². The Bertz CT molecular complexity index is 885. The average Bonchev–Trinajstić information content (AvgIpc) is 2.81. The number of hydrogen-bond donors (Lipinski definition) is 1. The minimum absolute atomic E-state index is 0.263. The molecule has 1 fully saturated rings. The number of nitrogens with zero attached hydrogens (tertiary/aromatic N) is 2. The van der Waals surface area contributed by atoms with Crippen LogP contribution in [0.3, 0.4) is 0 Å². The van der Waals surface area contributed by atoms with Crippen LogP contribution < -0.4 is 4.74 Å². The van der Waals surface area contributed by atoms with Gasteiger partial charge in [0.1, 0.15) is 18.5 Å². The van der Waals surface area contributed by atoms with Crippen molar-refractivity contribution in [1.29, 1.82) is 0 Å². The molecule has 1 N–H and O–H groups in total. The van der Waals surface area contributed by atoms with Gasteiger partial charge in [-0.25, -0.2) is 0 Å². The first-order valence-electron chi connectivity index (χ1n) is 11.1. The van der Waals surface area contributed by atoms with Gasteiger partial charge in [-0.2, -0.15) is 0 Å². The lowest BCUT2D eigenvalue weighted by molar-refractivity contribution is 0.0401. The topological polar surface area (TPSA) is 35.9 Å². The van der Waals surface area contributed by atoms with E-state index in [1.807, 2.05) is 31.2 Å². The van der Waals surface area contributed by atoms with Crippen LogP contribution in [0.15, 0.2) is 84.9 Å². The molecule has 0 unspecified atom stereocenters. The van der Waals surface area contributed by atoms with Crippen molar-refractivity contribution >= 4 is 0 Å². The third-order valence-electron chi connectivity index (χ3n) is 5.90. The molecule has 0 aliphatic carbocycles. The SMILES string of the molecule is Cc1cccc(OC[C@H](O)CN2CCN(C(c3ccccc3)c3ccccc3)CC2)c1. The fourth-order valence-corrected chi connectivity index (χ4v) is 4.34. The van der Waals surface area contributed by atoms with Gasteiger partial charge in [0.2, 0.25) is 0 Å². The van der Waals surface area contributed by atoms with Gasteiger partial charge in [0, 0.05) is 32.7 Å². The molecule has 162 valence electrons. The summed E-state index contributed by atoms with van der Waals surface area (Å²) in [5.74, 6) is 0.817. The summed E-state index contributed by atoms with van der Waals surface area (Å²) in [5.41, 5.74) is 3.82. The lowest BCUT2D eigenvalue weighted by atomic mass is 9.96. The van der Waals surface area contributed by atoms with Gasteiger partial charge in [0.15, 0.2) is 0 Å². The summed E-state index contributed by atoms with van der Waals surface area (Å²) in [7, 11) is 0. The normalized spacial score (nSPS) is 16.4. The quantitative estimate of drug-likeness (QED) is 0.599. The van der Waals surface area contributed by atoms with E-state index in [1.165, 1.54) is 11.1 Å². The molecule has 1 aliphatic heterocycles. The van der Waals surface area contributed by atoms with Crippen molar-refractivity contribution in [3.8, 4) is 5.75 Å². The second-order valence-corrected chi connectivity index (χ2v) is 8.34. The Labute approximate surface area is 185 Å². The van der Waals surface area contributed by atoms with Crippen LogP contribution >= 0.6 is 0 Å². The van der Waals surface area contributed by atoms with Crippen molar-refractivity contribution < 1.29 is 9.84 Å². The van der Waals surface area contributed by atoms with Crippen molar-refractivity contribution in [2.75, 3.05) is 39.3 Å². The summed E-state index contributed by atoms with van der Waals surface area (Å²) in [6.45, 7) is 6.83. The zero-order chi connectivity index (χ0) is 21.5. The smallest absolute Gasteiger partial charge is 0.119 e. The molecule has 0 radical (unpaired) electrons. The highest BCUT2D eigenvalue weighted by Gasteiger charge is 2.27. The Hall–Kier alpha value is -2.66. The molecule has 1 saturated heterocycles. The van der Waals surface area contributed by atoms with E-state index in [1.54, 1.807) is 0 Å². The third kappa shape index (κ3) is 5.95. The maximum atomic E-state index is 10.5. The lowest BCUT2D eigenvalue weighted by Gasteiger charge is -2.40. The largest absolute Gasteiger partial charge is 0.491 e. The van der Waals surface area contributed by atoms with Gasteiger partial charge < -0.3 is 9.84 Å². The molecule has 1 aliphatic rings. The molecule has 4 heteroatoms. The molecule has 1 atom stereocenters. The fraction of sp³-hybridized carbons (Fsp3) is 0.333. The van der Waals surface area contributed by atoms with Gasteiger partial charge in [0.25, 0.3) is 0 Å². The number of aliphatic hydroxyl groups excluding tert-OH is 1. The molecule has 4 nitrogen and oxygen atoms in total. The van der Waals surface area contributed by atoms with Crippen LogP contribution in [0.4, 0.5) is 0 Å². The molecule has 0 bridgehead atoms. The van der Waals surface area contributed by atoms with E-state index in [-0.39, 0.29) is 6.04 Å². The molecule has 0 aromatic heterocycles. The van der Waals surface area contributed by atoms with E-state index in [0.717, 1.165) is 37.5 Å². The molecular weight excluding hydrogens is 384 g/mol. The van der Waals surface area contributed by atoms with Crippen molar-refractivity contribution in [3.05, 3.63) is 102 Å². The molecule has 0 spiro atoms.